The predicted molar refractivity (Wildman–Crippen MR) is 90.3 cm³/mol. The molecule has 0 fully saturated rings. The first-order chi connectivity index (χ1) is 12.1. The molecule has 26 heavy (non-hydrogen) atoms. The van der Waals surface area contributed by atoms with Crippen LogP contribution >= 0.6 is 0 Å². The number of hydrogen-bond acceptors (Lipinski definition) is 3. The number of pyridine rings is 1. The molecule has 0 spiro atoms. The molecule has 9 heteroatoms. The lowest BCUT2D eigenvalue weighted by molar-refractivity contribution is -0.137. The first-order valence-corrected chi connectivity index (χ1v) is 9.25. The van der Waals surface area contributed by atoms with Crippen molar-refractivity contribution < 1.29 is 21.6 Å². The molecule has 0 saturated carbocycles. The standard InChI is InChI=1S/C17H16F3N3O2S/c1-12-2-5-15(6-3-12)26(24,25)21-9-8-14-11-23-10-13(17(18,19)20)4-7-16(23)22-14/h2-7,10-11,21H,8-9H2,1H3. The number of fused-ring (bicyclic) bond motifs is 1. The smallest absolute Gasteiger partial charge is 0.306 e. The Morgan fingerprint density at radius 1 is 1.08 bits per heavy atom. The van der Waals surface area contributed by atoms with Gasteiger partial charge in [-0.15, -0.1) is 0 Å². The van der Waals surface area contributed by atoms with Gasteiger partial charge in [-0.05, 0) is 31.2 Å². The fraction of sp³-hybridized carbons (Fsp3) is 0.235. The number of halogens is 3. The van der Waals surface area contributed by atoms with Crippen molar-refractivity contribution in [2.24, 2.45) is 0 Å². The van der Waals surface area contributed by atoms with Gasteiger partial charge in [0.2, 0.25) is 10.0 Å². The van der Waals surface area contributed by atoms with E-state index in [2.05, 4.69) is 9.71 Å². The highest BCUT2D eigenvalue weighted by Crippen LogP contribution is 2.29. The largest absolute Gasteiger partial charge is 0.417 e. The van der Waals surface area contributed by atoms with Crippen LogP contribution in [0.3, 0.4) is 0 Å². The summed E-state index contributed by atoms with van der Waals surface area (Å²) in [5.41, 5.74) is 1.05. The molecule has 0 atom stereocenters. The van der Waals surface area contributed by atoms with Gasteiger partial charge in [-0.2, -0.15) is 13.2 Å². The summed E-state index contributed by atoms with van der Waals surface area (Å²) in [4.78, 5) is 4.36. The normalized spacial score (nSPS) is 12.6. The number of aromatic nitrogens is 2. The Kier molecular flexibility index (Phi) is 4.76. The van der Waals surface area contributed by atoms with E-state index >= 15 is 0 Å². The van der Waals surface area contributed by atoms with Gasteiger partial charge >= 0.3 is 6.18 Å². The maximum absolute atomic E-state index is 12.7. The average molecular weight is 383 g/mol. The Morgan fingerprint density at radius 3 is 2.42 bits per heavy atom. The molecule has 0 bridgehead atoms. The summed E-state index contributed by atoms with van der Waals surface area (Å²) in [6, 6.07) is 8.68. The van der Waals surface area contributed by atoms with E-state index < -0.39 is 21.8 Å². The molecule has 1 N–H and O–H groups in total. The minimum atomic E-state index is -4.43. The predicted octanol–water partition coefficient (Wildman–Crippen LogP) is 3.18. The Morgan fingerprint density at radius 2 is 1.77 bits per heavy atom. The van der Waals surface area contributed by atoms with Gasteiger partial charge in [0.05, 0.1) is 16.2 Å². The van der Waals surface area contributed by atoms with Crippen molar-refractivity contribution >= 4 is 15.7 Å². The topological polar surface area (TPSA) is 63.5 Å². The van der Waals surface area contributed by atoms with Crippen molar-refractivity contribution in [3.05, 3.63) is 65.6 Å². The molecule has 5 nitrogen and oxygen atoms in total. The molecule has 0 aliphatic carbocycles. The minimum Gasteiger partial charge on any atom is -0.306 e. The number of hydrogen-bond donors (Lipinski definition) is 1. The van der Waals surface area contributed by atoms with E-state index in [0.717, 1.165) is 17.8 Å². The van der Waals surface area contributed by atoms with Crippen molar-refractivity contribution in [3.8, 4) is 0 Å². The average Bonchev–Trinajstić information content (AvgIpc) is 2.96. The summed E-state index contributed by atoms with van der Waals surface area (Å²) in [6.45, 7) is 1.95. The van der Waals surface area contributed by atoms with Crippen LogP contribution < -0.4 is 4.72 Å². The second kappa shape index (κ2) is 6.73. The fourth-order valence-corrected chi connectivity index (χ4v) is 3.48. The number of alkyl halides is 3. The Balaban J connectivity index is 1.69. The monoisotopic (exact) mass is 383 g/mol. The van der Waals surface area contributed by atoms with Gasteiger partial charge in [0.1, 0.15) is 5.65 Å². The molecular weight excluding hydrogens is 367 g/mol. The molecule has 3 rings (SSSR count). The van der Waals surface area contributed by atoms with Gasteiger partial charge in [-0.3, -0.25) is 0 Å². The van der Waals surface area contributed by atoms with E-state index in [4.69, 9.17) is 0 Å². The molecule has 2 aromatic heterocycles. The van der Waals surface area contributed by atoms with Gasteiger partial charge in [-0.1, -0.05) is 17.7 Å². The van der Waals surface area contributed by atoms with Crippen LogP contribution in [-0.4, -0.2) is 24.3 Å². The molecule has 0 amide bonds. The van der Waals surface area contributed by atoms with Crippen molar-refractivity contribution in [2.75, 3.05) is 6.54 Å². The second-order valence-electron chi connectivity index (χ2n) is 5.87. The van der Waals surface area contributed by atoms with E-state index in [1.54, 1.807) is 12.1 Å². The number of aryl methyl sites for hydroxylation is 1. The quantitative estimate of drug-likeness (QED) is 0.736. The number of sulfonamides is 1. The zero-order chi connectivity index (χ0) is 18.9. The highest BCUT2D eigenvalue weighted by Gasteiger charge is 2.30. The Hall–Kier alpha value is -2.39. The molecular formula is C17H16F3N3O2S. The van der Waals surface area contributed by atoms with Crippen molar-refractivity contribution in [1.29, 1.82) is 0 Å². The van der Waals surface area contributed by atoms with E-state index in [0.29, 0.717) is 11.3 Å². The summed E-state index contributed by atoms with van der Waals surface area (Å²) < 4.78 is 66.3. The zero-order valence-electron chi connectivity index (χ0n) is 13.8. The van der Waals surface area contributed by atoms with Gasteiger partial charge in [0, 0.05) is 25.4 Å². The van der Waals surface area contributed by atoms with Crippen LogP contribution in [0, 0.1) is 6.92 Å². The van der Waals surface area contributed by atoms with Crippen LogP contribution in [0.5, 0.6) is 0 Å². The highest BCUT2D eigenvalue weighted by atomic mass is 32.2. The van der Waals surface area contributed by atoms with Gasteiger partial charge in [-0.25, -0.2) is 18.1 Å². The number of benzene rings is 1. The third-order valence-electron chi connectivity index (χ3n) is 3.83. The van der Waals surface area contributed by atoms with Crippen LogP contribution in [0.25, 0.3) is 5.65 Å². The minimum absolute atomic E-state index is 0.0895. The summed E-state index contributed by atoms with van der Waals surface area (Å²) >= 11 is 0. The van der Waals surface area contributed by atoms with Crippen molar-refractivity contribution in [3.63, 3.8) is 0 Å². The first-order valence-electron chi connectivity index (χ1n) is 7.76. The second-order valence-corrected chi connectivity index (χ2v) is 7.64. The molecule has 138 valence electrons. The fourth-order valence-electron chi connectivity index (χ4n) is 2.45. The first kappa shape index (κ1) is 18.4. The summed E-state index contributed by atoms with van der Waals surface area (Å²) in [6.07, 6.45) is -1.75. The van der Waals surface area contributed by atoms with Crippen molar-refractivity contribution in [1.82, 2.24) is 14.1 Å². The third kappa shape index (κ3) is 4.05. The van der Waals surface area contributed by atoms with Crippen LogP contribution in [0.15, 0.2) is 53.7 Å². The summed E-state index contributed by atoms with van der Waals surface area (Å²) in [7, 11) is -3.64. The summed E-state index contributed by atoms with van der Waals surface area (Å²) in [5.74, 6) is 0. The molecule has 0 saturated heterocycles. The van der Waals surface area contributed by atoms with Crippen LogP contribution in [0.2, 0.25) is 0 Å². The van der Waals surface area contributed by atoms with Crippen LogP contribution in [0.4, 0.5) is 13.2 Å². The lowest BCUT2D eigenvalue weighted by Gasteiger charge is -2.06. The van der Waals surface area contributed by atoms with E-state index in [1.807, 2.05) is 6.92 Å². The van der Waals surface area contributed by atoms with Crippen LogP contribution in [-0.2, 0) is 22.6 Å². The maximum Gasteiger partial charge on any atom is 0.417 e. The summed E-state index contributed by atoms with van der Waals surface area (Å²) in [5, 5.41) is 0. The maximum atomic E-state index is 12.7. The number of rotatable bonds is 5. The van der Waals surface area contributed by atoms with Gasteiger partial charge in [0.15, 0.2) is 0 Å². The van der Waals surface area contributed by atoms with Gasteiger partial charge in [0.25, 0.3) is 0 Å². The number of nitrogens with one attached hydrogen (secondary N) is 1. The van der Waals surface area contributed by atoms with E-state index in [-0.39, 0.29) is 17.9 Å². The van der Waals surface area contributed by atoms with Crippen molar-refractivity contribution in [2.45, 2.75) is 24.4 Å². The molecule has 1 aromatic carbocycles. The molecule has 2 heterocycles. The number of nitrogens with zero attached hydrogens (tertiary/aromatic N) is 2. The lowest BCUT2D eigenvalue weighted by atomic mass is 10.2. The lowest BCUT2D eigenvalue weighted by Crippen LogP contribution is -2.26. The SMILES string of the molecule is Cc1ccc(S(=O)(=O)NCCc2cn3cc(C(F)(F)F)ccc3n2)cc1. The molecule has 0 radical (unpaired) electrons. The zero-order valence-corrected chi connectivity index (χ0v) is 14.6. The number of imidazole rings is 1. The van der Waals surface area contributed by atoms with E-state index in [1.165, 1.54) is 28.8 Å². The molecule has 3 aromatic rings. The molecule has 0 aliphatic heterocycles. The van der Waals surface area contributed by atoms with Crippen LogP contribution in [0.1, 0.15) is 16.8 Å². The van der Waals surface area contributed by atoms with E-state index in [9.17, 15) is 21.6 Å². The Labute approximate surface area is 148 Å². The Bertz CT molecular complexity index is 1030. The third-order valence-corrected chi connectivity index (χ3v) is 5.31. The molecule has 0 aliphatic rings. The van der Waals surface area contributed by atoms with Gasteiger partial charge < -0.3 is 4.40 Å². The molecule has 0 unspecified atom stereocenters. The highest BCUT2D eigenvalue weighted by molar-refractivity contribution is 7.89.